The van der Waals surface area contributed by atoms with Gasteiger partial charge in [-0.1, -0.05) is 0 Å². The van der Waals surface area contributed by atoms with Gasteiger partial charge in [0.15, 0.2) is 0 Å². The normalized spacial score (nSPS) is 32.7. The van der Waals surface area contributed by atoms with Crippen molar-refractivity contribution in [2.75, 3.05) is 0 Å². The van der Waals surface area contributed by atoms with E-state index in [1.165, 1.54) is 4.90 Å². The monoisotopic (exact) mass is 225 g/mol. The summed E-state index contributed by atoms with van der Waals surface area (Å²) in [6, 6.07) is 0.0431. The molecule has 90 valence electrons. The lowest BCUT2D eigenvalue weighted by atomic mass is 9.91. The van der Waals surface area contributed by atoms with Crippen LogP contribution in [-0.2, 0) is 9.59 Å². The third-order valence-electron chi connectivity index (χ3n) is 3.60. The van der Waals surface area contributed by atoms with Gasteiger partial charge in [0.25, 0.3) is 0 Å². The minimum Gasteiger partial charge on any atom is -0.393 e. The van der Waals surface area contributed by atoms with Crippen molar-refractivity contribution < 1.29 is 14.7 Å². The number of likely N-dealkylation sites (tertiary alicyclic amines) is 1. The molecule has 1 N–H and O–H groups in total. The molecule has 1 heterocycles. The van der Waals surface area contributed by atoms with E-state index in [1.54, 1.807) is 0 Å². The molecule has 4 nitrogen and oxygen atoms in total. The minimum atomic E-state index is -0.242. The SMILES string of the molecule is O=C1CCCCC(=O)N1C1CCC(O)CC1. The maximum atomic E-state index is 11.8. The summed E-state index contributed by atoms with van der Waals surface area (Å²) < 4.78 is 0. The number of imide groups is 1. The van der Waals surface area contributed by atoms with Crippen LogP contribution in [0.4, 0.5) is 0 Å². The number of aliphatic hydroxyl groups is 1. The summed E-state index contributed by atoms with van der Waals surface area (Å²) in [4.78, 5) is 25.2. The number of carbonyl (C=O) groups is 2. The lowest BCUT2D eigenvalue weighted by molar-refractivity contribution is -0.147. The van der Waals surface area contributed by atoms with Crippen LogP contribution in [0.1, 0.15) is 51.4 Å². The summed E-state index contributed by atoms with van der Waals surface area (Å²) >= 11 is 0. The van der Waals surface area contributed by atoms with E-state index < -0.39 is 0 Å². The molecule has 0 aromatic rings. The third kappa shape index (κ3) is 2.43. The Morgan fingerprint density at radius 2 is 1.44 bits per heavy atom. The molecule has 16 heavy (non-hydrogen) atoms. The largest absolute Gasteiger partial charge is 0.393 e. The molecule has 0 atom stereocenters. The number of hydrogen-bond acceptors (Lipinski definition) is 3. The molecule has 1 aliphatic carbocycles. The Balaban J connectivity index is 2.04. The molecule has 1 saturated heterocycles. The van der Waals surface area contributed by atoms with E-state index in [0.717, 1.165) is 25.7 Å². The van der Waals surface area contributed by atoms with E-state index in [0.29, 0.717) is 25.7 Å². The quantitative estimate of drug-likeness (QED) is 0.683. The molecule has 2 fully saturated rings. The second-order valence-corrected chi connectivity index (χ2v) is 4.83. The van der Waals surface area contributed by atoms with Crippen molar-refractivity contribution in [3.63, 3.8) is 0 Å². The number of aliphatic hydroxyl groups excluding tert-OH is 1. The average molecular weight is 225 g/mol. The molecule has 0 aromatic heterocycles. The molecular formula is C12H19NO3. The Hall–Kier alpha value is -0.900. The van der Waals surface area contributed by atoms with E-state index in [4.69, 9.17) is 0 Å². The fourth-order valence-electron chi connectivity index (χ4n) is 2.66. The van der Waals surface area contributed by atoms with Gasteiger partial charge in [0.2, 0.25) is 11.8 Å². The molecule has 4 heteroatoms. The standard InChI is InChI=1S/C12H19NO3/c14-10-7-5-9(6-8-10)13-11(15)3-1-2-4-12(13)16/h9-10,14H,1-8H2. The lowest BCUT2D eigenvalue weighted by Gasteiger charge is -2.33. The zero-order valence-electron chi connectivity index (χ0n) is 9.52. The van der Waals surface area contributed by atoms with Crippen molar-refractivity contribution in [3.8, 4) is 0 Å². The van der Waals surface area contributed by atoms with Crippen molar-refractivity contribution in [2.45, 2.75) is 63.5 Å². The Morgan fingerprint density at radius 1 is 0.938 bits per heavy atom. The van der Waals surface area contributed by atoms with Crippen LogP contribution < -0.4 is 0 Å². The first kappa shape index (κ1) is 11.6. The van der Waals surface area contributed by atoms with Crippen LogP contribution in [-0.4, -0.2) is 34.0 Å². The van der Waals surface area contributed by atoms with Gasteiger partial charge in [-0.05, 0) is 38.5 Å². The highest BCUT2D eigenvalue weighted by atomic mass is 16.3. The molecule has 2 aliphatic rings. The van der Waals surface area contributed by atoms with E-state index in [9.17, 15) is 14.7 Å². The van der Waals surface area contributed by atoms with Gasteiger partial charge in [0.05, 0.1) is 6.10 Å². The highest BCUT2D eigenvalue weighted by molar-refractivity contribution is 5.96. The molecule has 0 aromatic carbocycles. The number of amides is 2. The van der Waals surface area contributed by atoms with Gasteiger partial charge in [0, 0.05) is 18.9 Å². The van der Waals surface area contributed by atoms with Gasteiger partial charge in [-0.25, -0.2) is 0 Å². The lowest BCUT2D eigenvalue weighted by Crippen LogP contribution is -2.45. The molecule has 2 amide bonds. The first-order valence-electron chi connectivity index (χ1n) is 6.21. The van der Waals surface area contributed by atoms with Gasteiger partial charge < -0.3 is 5.11 Å². The van der Waals surface area contributed by atoms with Crippen LogP contribution in [0.3, 0.4) is 0 Å². The van der Waals surface area contributed by atoms with Gasteiger partial charge in [-0.15, -0.1) is 0 Å². The zero-order valence-corrected chi connectivity index (χ0v) is 9.52. The second-order valence-electron chi connectivity index (χ2n) is 4.83. The number of nitrogens with zero attached hydrogens (tertiary/aromatic N) is 1. The molecule has 0 spiro atoms. The van der Waals surface area contributed by atoms with Crippen LogP contribution in [0, 0.1) is 0 Å². The first-order chi connectivity index (χ1) is 7.68. The second kappa shape index (κ2) is 4.95. The molecule has 0 unspecified atom stereocenters. The summed E-state index contributed by atoms with van der Waals surface area (Å²) in [7, 11) is 0. The smallest absolute Gasteiger partial charge is 0.229 e. The van der Waals surface area contributed by atoms with Gasteiger partial charge >= 0.3 is 0 Å². The van der Waals surface area contributed by atoms with Crippen LogP contribution in [0.5, 0.6) is 0 Å². The summed E-state index contributed by atoms with van der Waals surface area (Å²) in [5, 5.41) is 9.42. The van der Waals surface area contributed by atoms with Gasteiger partial charge in [-0.2, -0.15) is 0 Å². The summed E-state index contributed by atoms with van der Waals surface area (Å²) in [6.45, 7) is 0. The van der Waals surface area contributed by atoms with Crippen molar-refractivity contribution in [2.24, 2.45) is 0 Å². The highest BCUT2D eigenvalue weighted by Gasteiger charge is 2.33. The van der Waals surface area contributed by atoms with Crippen LogP contribution in [0.25, 0.3) is 0 Å². The predicted octanol–water partition coefficient (Wildman–Crippen LogP) is 1.22. The predicted molar refractivity (Wildman–Crippen MR) is 58.6 cm³/mol. The minimum absolute atomic E-state index is 0.0103. The number of carbonyl (C=O) groups excluding carboxylic acids is 2. The van der Waals surface area contributed by atoms with Gasteiger partial charge in [-0.3, -0.25) is 14.5 Å². The van der Waals surface area contributed by atoms with E-state index in [2.05, 4.69) is 0 Å². The Bertz CT molecular complexity index is 264. The Morgan fingerprint density at radius 3 is 1.94 bits per heavy atom. The van der Waals surface area contributed by atoms with Crippen LogP contribution in [0.2, 0.25) is 0 Å². The fraction of sp³-hybridized carbons (Fsp3) is 0.833. The summed E-state index contributed by atoms with van der Waals surface area (Å²) in [5.41, 5.74) is 0. The molecule has 0 radical (unpaired) electrons. The van der Waals surface area contributed by atoms with E-state index in [1.807, 2.05) is 0 Å². The first-order valence-corrected chi connectivity index (χ1v) is 6.21. The van der Waals surface area contributed by atoms with Crippen molar-refractivity contribution in [1.29, 1.82) is 0 Å². The van der Waals surface area contributed by atoms with E-state index in [-0.39, 0.29) is 24.0 Å². The Kier molecular flexibility index (Phi) is 3.59. The van der Waals surface area contributed by atoms with E-state index >= 15 is 0 Å². The topological polar surface area (TPSA) is 57.6 Å². The number of hydrogen-bond donors (Lipinski definition) is 1. The highest BCUT2D eigenvalue weighted by Crippen LogP contribution is 2.26. The Labute approximate surface area is 95.6 Å². The molecule has 1 aliphatic heterocycles. The van der Waals surface area contributed by atoms with Crippen molar-refractivity contribution in [3.05, 3.63) is 0 Å². The molecule has 1 saturated carbocycles. The molecular weight excluding hydrogens is 206 g/mol. The van der Waals surface area contributed by atoms with Crippen LogP contribution >= 0.6 is 0 Å². The molecule has 2 rings (SSSR count). The van der Waals surface area contributed by atoms with Crippen molar-refractivity contribution in [1.82, 2.24) is 4.90 Å². The third-order valence-corrected chi connectivity index (χ3v) is 3.60. The summed E-state index contributed by atoms with van der Waals surface area (Å²) in [6.07, 6.45) is 5.37. The average Bonchev–Trinajstić information content (AvgIpc) is 2.42. The maximum absolute atomic E-state index is 11.8. The van der Waals surface area contributed by atoms with Crippen LogP contribution in [0.15, 0.2) is 0 Å². The maximum Gasteiger partial charge on any atom is 0.229 e. The fourth-order valence-corrected chi connectivity index (χ4v) is 2.66. The number of rotatable bonds is 1. The summed E-state index contributed by atoms with van der Waals surface area (Å²) in [5.74, 6) is -0.0206. The van der Waals surface area contributed by atoms with Gasteiger partial charge in [0.1, 0.15) is 0 Å². The molecule has 0 bridgehead atoms. The van der Waals surface area contributed by atoms with Crippen molar-refractivity contribution >= 4 is 11.8 Å². The zero-order chi connectivity index (χ0) is 11.5.